The van der Waals surface area contributed by atoms with E-state index in [2.05, 4.69) is 15.3 Å². The summed E-state index contributed by atoms with van der Waals surface area (Å²) in [5, 5.41) is 16.2. The summed E-state index contributed by atoms with van der Waals surface area (Å²) in [5.74, 6) is -4.01. The number of nitrogens with one attached hydrogen (secondary N) is 1. The SMILES string of the molecule is CCN1CCN(S(=O)(=O)c2cc(NC(=O)c3ccc(OC)c(C(F)(F)F)c3)ccc2Oc2c(C)c(C(=O)O)nn2-c2cccc(F)c2)CC1. The van der Waals surface area contributed by atoms with E-state index in [1.807, 2.05) is 6.92 Å². The quantitative estimate of drug-likeness (QED) is 0.207. The Morgan fingerprint density at radius 1 is 1.00 bits per heavy atom. The number of halogens is 4. The molecule has 5 rings (SSSR count). The number of likely N-dealkylation sites (N-methyl/N-ethyl adjacent to an activating group) is 1. The number of alkyl halides is 3. The molecule has 0 radical (unpaired) electrons. The number of carboxylic acids is 1. The highest BCUT2D eigenvalue weighted by Crippen LogP contribution is 2.38. The van der Waals surface area contributed by atoms with Gasteiger partial charge >= 0.3 is 12.1 Å². The summed E-state index contributed by atoms with van der Waals surface area (Å²) >= 11 is 0. The Hall–Kier alpha value is -5.00. The molecule has 260 valence electrons. The minimum Gasteiger partial charge on any atom is -0.496 e. The number of nitrogens with zero attached hydrogens (tertiary/aromatic N) is 4. The average Bonchev–Trinajstić information content (AvgIpc) is 3.40. The van der Waals surface area contributed by atoms with E-state index in [9.17, 15) is 40.7 Å². The fourth-order valence-electron chi connectivity index (χ4n) is 5.26. The number of hydrogen-bond donors (Lipinski definition) is 2. The van der Waals surface area contributed by atoms with Gasteiger partial charge in [-0.3, -0.25) is 4.79 Å². The molecular formula is C32H31F4N5O7S. The van der Waals surface area contributed by atoms with E-state index in [0.29, 0.717) is 25.7 Å². The minimum absolute atomic E-state index is 0.00835. The third-order valence-corrected chi connectivity index (χ3v) is 9.82. The second-order valence-electron chi connectivity index (χ2n) is 10.9. The van der Waals surface area contributed by atoms with E-state index in [-0.39, 0.29) is 47.2 Å². The predicted molar refractivity (Wildman–Crippen MR) is 169 cm³/mol. The van der Waals surface area contributed by atoms with Gasteiger partial charge in [-0.25, -0.2) is 17.6 Å². The number of rotatable bonds is 10. The number of hydrogen-bond acceptors (Lipinski definition) is 8. The Labute approximate surface area is 278 Å². The maximum atomic E-state index is 14.2. The second kappa shape index (κ2) is 13.9. The number of piperazine rings is 1. The normalized spacial score (nSPS) is 14.4. The van der Waals surface area contributed by atoms with Crippen LogP contribution in [0, 0.1) is 12.7 Å². The van der Waals surface area contributed by atoms with Gasteiger partial charge in [-0.2, -0.15) is 27.3 Å². The molecule has 0 bridgehead atoms. The molecule has 0 atom stereocenters. The molecule has 3 aromatic carbocycles. The molecule has 49 heavy (non-hydrogen) atoms. The van der Waals surface area contributed by atoms with Crippen molar-refractivity contribution < 1.29 is 50.1 Å². The van der Waals surface area contributed by atoms with Gasteiger partial charge in [0.25, 0.3) is 5.91 Å². The first-order chi connectivity index (χ1) is 23.1. The number of methoxy groups -OCH3 is 1. The van der Waals surface area contributed by atoms with Crippen LogP contribution in [-0.4, -0.2) is 84.2 Å². The van der Waals surface area contributed by atoms with Crippen LogP contribution in [0.4, 0.5) is 23.2 Å². The third kappa shape index (κ3) is 7.38. The molecular weight excluding hydrogens is 674 g/mol. The molecule has 2 N–H and O–H groups in total. The van der Waals surface area contributed by atoms with Crippen molar-refractivity contribution in [2.75, 3.05) is 45.2 Å². The minimum atomic E-state index is -4.82. The van der Waals surface area contributed by atoms with Gasteiger partial charge in [-0.05, 0) is 68.1 Å². The zero-order valence-electron chi connectivity index (χ0n) is 26.4. The molecule has 0 unspecified atom stereocenters. The molecule has 1 aromatic heterocycles. The average molecular weight is 706 g/mol. The summed E-state index contributed by atoms with van der Waals surface area (Å²) in [7, 11) is -3.29. The Kier molecular flexibility index (Phi) is 9.98. The highest BCUT2D eigenvalue weighted by molar-refractivity contribution is 7.89. The van der Waals surface area contributed by atoms with Crippen LogP contribution < -0.4 is 14.8 Å². The van der Waals surface area contributed by atoms with Crippen LogP contribution in [0.3, 0.4) is 0 Å². The molecule has 17 heteroatoms. The molecule has 1 saturated heterocycles. The summed E-state index contributed by atoms with van der Waals surface area (Å²) in [6, 6.07) is 11.4. The highest BCUT2D eigenvalue weighted by atomic mass is 32.2. The first kappa shape index (κ1) is 35.3. The number of aromatic carboxylic acids is 1. The maximum absolute atomic E-state index is 14.2. The van der Waals surface area contributed by atoms with Crippen LogP contribution in [0.2, 0.25) is 0 Å². The summed E-state index contributed by atoms with van der Waals surface area (Å²) < 4.78 is 96.4. The Balaban J connectivity index is 1.58. The van der Waals surface area contributed by atoms with Crippen LogP contribution in [0.25, 0.3) is 5.69 Å². The maximum Gasteiger partial charge on any atom is 0.419 e. The lowest BCUT2D eigenvalue weighted by molar-refractivity contribution is -0.138. The van der Waals surface area contributed by atoms with Crippen molar-refractivity contribution in [1.82, 2.24) is 19.0 Å². The van der Waals surface area contributed by atoms with E-state index in [1.165, 1.54) is 41.6 Å². The molecule has 12 nitrogen and oxygen atoms in total. The summed E-state index contributed by atoms with van der Waals surface area (Å²) in [5.41, 5.74) is -1.97. The number of anilines is 1. The number of carbonyl (C=O) groups excluding carboxylic acids is 1. The van der Waals surface area contributed by atoms with E-state index >= 15 is 0 Å². The molecule has 1 fully saturated rings. The largest absolute Gasteiger partial charge is 0.496 e. The fraction of sp³-hybridized carbons (Fsp3) is 0.281. The van der Waals surface area contributed by atoms with Gasteiger partial charge in [-0.1, -0.05) is 13.0 Å². The van der Waals surface area contributed by atoms with Crippen molar-refractivity contribution in [3.63, 3.8) is 0 Å². The van der Waals surface area contributed by atoms with Crippen molar-refractivity contribution in [2.45, 2.75) is 24.9 Å². The number of benzene rings is 3. The number of carboxylic acid groups (broad SMARTS) is 1. The van der Waals surface area contributed by atoms with Gasteiger partial charge in [-0.15, -0.1) is 0 Å². The zero-order valence-corrected chi connectivity index (χ0v) is 27.2. The number of sulfonamides is 1. The fourth-order valence-corrected chi connectivity index (χ4v) is 6.82. The van der Waals surface area contributed by atoms with Gasteiger partial charge in [0, 0.05) is 43.0 Å². The molecule has 0 spiro atoms. The van der Waals surface area contributed by atoms with Gasteiger partial charge < -0.3 is 24.8 Å². The third-order valence-electron chi connectivity index (χ3n) is 7.90. The standard InChI is InChI=1S/C32H31F4N5O7S/c1-4-39-12-14-40(15-13-39)49(45,46)27-18-22(37-29(42)20-8-10-25(47-3)24(16-20)32(34,35)36)9-11-26(27)48-30-19(2)28(31(43)44)38-41(30)23-7-5-6-21(33)17-23/h5-11,16-18H,4,12-15H2,1-3H3,(H,37,42)(H,43,44). The molecule has 4 aromatic rings. The number of aromatic nitrogens is 2. The van der Waals surface area contributed by atoms with Crippen molar-refractivity contribution in [2.24, 2.45) is 0 Å². The molecule has 1 amide bonds. The van der Waals surface area contributed by atoms with Crippen LogP contribution in [0.15, 0.2) is 65.6 Å². The molecule has 0 aliphatic carbocycles. The summed E-state index contributed by atoms with van der Waals surface area (Å²) in [4.78, 5) is 26.7. The monoisotopic (exact) mass is 705 g/mol. The summed E-state index contributed by atoms with van der Waals surface area (Å²) in [6.45, 7) is 5.17. The highest BCUT2D eigenvalue weighted by Gasteiger charge is 2.36. The van der Waals surface area contributed by atoms with Crippen molar-refractivity contribution >= 4 is 27.6 Å². The van der Waals surface area contributed by atoms with Crippen molar-refractivity contribution in [1.29, 1.82) is 0 Å². The smallest absolute Gasteiger partial charge is 0.419 e. The van der Waals surface area contributed by atoms with Crippen LogP contribution in [0.5, 0.6) is 17.4 Å². The first-order valence-electron chi connectivity index (χ1n) is 14.8. The van der Waals surface area contributed by atoms with Crippen LogP contribution in [0.1, 0.15) is 38.9 Å². The Morgan fingerprint density at radius 3 is 2.31 bits per heavy atom. The lowest BCUT2D eigenvalue weighted by Gasteiger charge is -2.33. The van der Waals surface area contributed by atoms with Crippen LogP contribution in [-0.2, 0) is 16.2 Å². The lowest BCUT2D eigenvalue weighted by atomic mass is 10.1. The van der Waals surface area contributed by atoms with E-state index in [4.69, 9.17) is 9.47 Å². The van der Waals surface area contributed by atoms with E-state index in [0.717, 1.165) is 36.1 Å². The van der Waals surface area contributed by atoms with Crippen LogP contribution >= 0.6 is 0 Å². The molecule has 2 heterocycles. The Bertz CT molecular complexity index is 2010. The summed E-state index contributed by atoms with van der Waals surface area (Å²) in [6.07, 6.45) is -4.82. The zero-order chi connectivity index (χ0) is 35.7. The van der Waals surface area contributed by atoms with Gasteiger partial charge in [0.1, 0.15) is 22.2 Å². The van der Waals surface area contributed by atoms with Crippen molar-refractivity contribution in [3.05, 3.63) is 88.9 Å². The van der Waals surface area contributed by atoms with Crippen molar-refractivity contribution in [3.8, 4) is 23.1 Å². The molecule has 1 aliphatic rings. The number of amides is 1. The Morgan fingerprint density at radius 2 is 1.69 bits per heavy atom. The first-order valence-corrected chi connectivity index (χ1v) is 16.3. The number of carbonyl (C=O) groups is 2. The lowest BCUT2D eigenvalue weighted by Crippen LogP contribution is -2.48. The topological polar surface area (TPSA) is 143 Å². The van der Waals surface area contributed by atoms with Gasteiger partial charge in [0.05, 0.1) is 18.4 Å². The number of ether oxygens (including phenoxy) is 2. The molecule has 1 aliphatic heterocycles. The van der Waals surface area contributed by atoms with Gasteiger partial charge in [0.2, 0.25) is 15.9 Å². The van der Waals surface area contributed by atoms with E-state index in [1.54, 1.807) is 0 Å². The van der Waals surface area contributed by atoms with E-state index < -0.39 is 55.8 Å². The van der Waals surface area contributed by atoms with Gasteiger partial charge in [0.15, 0.2) is 5.69 Å². The second-order valence-corrected chi connectivity index (χ2v) is 12.9. The predicted octanol–water partition coefficient (Wildman–Crippen LogP) is 5.42. The molecule has 0 saturated carbocycles.